The lowest BCUT2D eigenvalue weighted by Gasteiger charge is -2.37. The van der Waals surface area contributed by atoms with Crippen LogP contribution in [0, 0.1) is 5.92 Å². The molecule has 1 unspecified atom stereocenters. The van der Waals surface area contributed by atoms with E-state index in [0.29, 0.717) is 0 Å². The van der Waals surface area contributed by atoms with Crippen LogP contribution >= 0.6 is 0 Å². The first kappa shape index (κ1) is 12.2. The molecule has 1 atom stereocenters. The summed E-state index contributed by atoms with van der Waals surface area (Å²) in [7, 11) is 1.74. The average Bonchev–Trinajstić information content (AvgIpc) is 2.97. The van der Waals surface area contributed by atoms with Gasteiger partial charge >= 0.3 is 12.0 Å². The fraction of sp³-hybridized carbons (Fsp3) is 0.833. The van der Waals surface area contributed by atoms with Crippen molar-refractivity contribution in [3.63, 3.8) is 0 Å². The summed E-state index contributed by atoms with van der Waals surface area (Å²) in [4.78, 5) is 24.9. The van der Waals surface area contributed by atoms with Gasteiger partial charge in [-0.2, -0.15) is 0 Å². The number of hydrogen-bond acceptors (Lipinski definition) is 2. The molecule has 2 aliphatic carbocycles. The molecule has 2 N–H and O–H groups in total. The Morgan fingerprint density at radius 2 is 1.88 bits per heavy atom. The van der Waals surface area contributed by atoms with Gasteiger partial charge in [0.05, 0.1) is 0 Å². The summed E-state index contributed by atoms with van der Waals surface area (Å²) in [5.74, 6) is -0.853. The van der Waals surface area contributed by atoms with Crippen LogP contribution in [0.5, 0.6) is 0 Å². The Morgan fingerprint density at radius 1 is 1.29 bits per heavy atom. The Hall–Kier alpha value is -1.26. The zero-order valence-corrected chi connectivity index (χ0v) is 10.4. The molecule has 2 fully saturated rings. The van der Waals surface area contributed by atoms with Crippen molar-refractivity contribution in [3.8, 4) is 0 Å². The largest absolute Gasteiger partial charge is 0.480 e. The van der Waals surface area contributed by atoms with Crippen molar-refractivity contribution in [2.45, 2.75) is 50.6 Å². The van der Waals surface area contributed by atoms with E-state index in [4.69, 9.17) is 0 Å². The minimum absolute atomic E-state index is 0.0822. The van der Waals surface area contributed by atoms with Crippen molar-refractivity contribution in [1.29, 1.82) is 0 Å². The summed E-state index contributed by atoms with van der Waals surface area (Å²) in [6.45, 7) is 1.61. The number of urea groups is 1. The smallest absolute Gasteiger partial charge is 0.329 e. The van der Waals surface area contributed by atoms with Gasteiger partial charge in [0, 0.05) is 13.1 Å². The predicted molar refractivity (Wildman–Crippen MR) is 62.7 cm³/mol. The average molecular weight is 240 g/mol. The third kappa shape index (κ3) is 2.23. The fourth-order valence-electron chi connectivity index (χ4n) is 2.24. The summed E-state index contributed by atoms with van der Waals surface area (Å²) in [5.41, 5.74) is -1.10. The molecule has 5 nitrogen and oxygen atoms in total. The molecule has 0 aromatic carbocycles. The first-order chi connectivity index (χ1) is 7.95. The fourth-order valence-corrected chi connectivity index (χ4v) is 2.24. The Bertz CT molecular complexity index is 337. The van der Waals surface area contributed by atoms with Crippen LogP contribution in [-0.2, 0) is 4.79 Å². The molecule has 2 rings (SSSR count). The van der Waals surface area contributed by atoms with Crippen molar-refractivity contribution in [2.75, 3.05) is 7.05 Å². The lowest BCUT2D eigenvalue weighted by atomic mass is 9.92. The maximum atomic E-state index is 12.0. The second-order valence-electron chi connectivity index (χ2n) is 5.41. The molecule has 2 amide bonds. The molecule has 17 heavy (non-hydrogen) atoms. The molecule has 0 heterocycles. The molecule has 0 aromatic rings. The lowest BCUT2D eigenvalue weighted by Crippen LogP contribution is -2.58. The van der Waals surface area contributed by atoms with Gasteiger partial charge in [0.15, 0.2) is 0 Å². The topological polar surface area (TPSA) is 69.6 Å². The second kappa shape index (κ2) is 4.20. The second-order valence-corrected chi connectivity index (χ2v) is 5.41. The monoisotopic (exact) mass is 240 g/mol. The van der Waals surface area contributed by atoms with Gasteiger partial charge in [0.25, 0.3) is 0 Å². The highest BCUT2D eigenvalue weighted by Crippen LogP contribution is 2.40. The minimum Gasteiger partial charge on any atom is -0.480 e. The number of rotatable bonds is 4. The molecule has 96 valence electrons. The van der Waals surface area contributed by atoms with E-state index in [2.05, 4.69) is 5.32 Å². The number of amides is 2. The standard InChI is InChI=1S/C12H20N2O3/c1-12(10(15)16,8-6-7-8)13-11(17)14(2)9-4-3-5-9/h8-9H,3-7H2,1-2H3,(H,13,17)(H,15,16). The van der Waals surface area contributed by atoms with E-state index in [0.717, 1.165) is 32.1 Å². The number of carbonyl (C=O) groups is 2. The highest BCUT2D eigenvalue weighted by Gasteiger charge is 2.49. The van der Waals surface area contributed by atoms with E-state index in [1.54, 1.807) is 18.9 Å². The van der Waals surface area contributed by atoms with Gasteiger partial charge in [-0.05, 0) is 44.9 Å². The van der Waals surface area contributed by atoms with E-state index in [-0.39, 0.29) is 18.0 Å². The molecule has 0 radical (unpaired) electrons. The van der Waals surface area contributed by atoms with E-state index in [9.17, 15) is 14.7 Å². The third-order valence-corrected chi connectivity index (χ3v) is 4.15. The third-order valence-electron chi connectivity index (χ3n) is 4.15. The molecule has 0 saturated heterocycles. The van der Waals surface area contributed by atoms with Gasteiger partial charge in [-0.3, -0.25) is 0 Å². The Morgan fingerprint density at radius 3 is 2.24 bits per heavy atom. The SMILES string of the molecule is CN(C(=O)NC(C)(C(=O)O)C1CC1)C1CCC1. The maximum Gasteiger partial charge on any atom is 0.329 e. The van der Waals surface area contributed by atoms with Crippen LogP contribution in [0.2, 0.25) is 0 Å². The van der Waals surface area contributed by atoms with Gasteiger partial charge < -0.3 is 15.3 Å². The van der Waals surface area contributed by atoms with Gasteiger partial charge in [-0.15, -0.1) is 0 Å². The summed E-state index contributed by atoms with van der Waals surface area (Å²) in [6, 6.07) is 0.0266. The van der Waals surface area contributed by atoms with Crippen LogP contribution in [-0.4, -0.2) is 40.6 Å². The normalized spacial score (nSPS) is 23.4. The molecule has 0 aromatic heterocycles. The summed E-state index contributed by atoms with van der Waals surface area (Å²) < 4.78 is 0. The Labute approximate surface area is 101 Å². The zero-order valence-electron chi connectivity index (χ0n) is 10.4. The molecular formula is C12H20N2O3. The van der Waals surface area contributed by atoms with Crippen molar-refractivity contribution < 1.29 is 14.7 Å². The molecule has 5 heteroatoms. The summed E-state index contributed by atoms with van der Waals surface area (Å²) >= 11 is 0. The number of carboxylic acid groups (broad SMARTS) is 1. The summed E-state index contributed by atoms with van der Waals surface area (Å²) in [6.07, 6.45) is 4.97. The van der Waals surface area contributed by atoms with Crippen LogP contribution in [0.3, 0.4) is 0 Å². The lowest BCUT2D eigenvalue weighted by molar-refractivity contribution is -0.144. The number of aliphatic carboxylic acids is 1. The predicted octanol–water partition coefficient (Wildman–Crippen LogP) is 1.43. The number of hydrogen-bond donors (Lipinski definition) is 2. The molecule has 2 saturated carbocycles. The Balaban J connectivity index is 1.97. The molecule has 0 spiro atoms. The summed E-state index contributed by atoms with van der Waals surface area (Å²) in [5, 5.41) is 11.9. The van der Waals surface area contributed by atoms with E-state index >= 15 is 0 Å². The van der Waals surface area contributed by atoms with Crippen LogP contribution < -0.4 is 5.32 Å². The molecule has 2 aliphatic rings. The molecule has 0 bridgehead atoms. The van der Waals surface area contributed by atoms with Crippen LogP contribution in [0.15, 0.2) is 0 Å². The highest BCUT2D eigenvalue weighted by atomic mass is 16.4. The number of nitrogens with zero attached hydrogens (tertiary/aromatic N) is 1. The van der Waals surface area contributed by atoms with Crippen LogP contribution in [0.25, 0.3) is 0 Å². The quantitative estimate of drug-likeness (QED) is 0.781. The first-order valence-corrected chi connectivity index (χ1v) is 6.23. The van der Waals surface area contributed by atoms with Gasteiger partial charge in [-0.25, -0.2) is 9.59 Å². The number of carbonyl (C=O) groups excluding carboxylic acids is 1. The van der Waals surface area contributed by atoms with E-state index in [1.807, 2.05) is 0 Å². The van der Waals surface area contributed by atoms with Crippen molar-refractivity contribution in [3.05, 3.63) is 0 Å². The number of nitrogens with one attached hydrogen (secondary N) is 1. The maximum absolute atomic E-state index is 12.0. The van der Waals surface area contributed by atoms with Crippen molar-refractivity contribution in [2.24, 2.45) is 5.92 Å². The van der Waals surface area contributed by atoms with Gasteiger partial charge in [-0.1, -0.05) is 0 Å². The van der Waals surface area contributed by atoms with Crippen molar-refractivity contribution in [1.82, 2.24) is 10.2 Å². The minimum atomic E-state index is -1.10. The van der Waals surface area contributed by atoms with Crippen LogP contribution in [0.1, 0.15) is 39.0 Å². The Kier molecular flexibility index (Phi) is 3.02. The number of carboxylic acids is 1. The molecular weight excluding hydrogens is 220 g/mol. The van der Waals surface area contributed by atoms with E-state index < -0.39 is 11.5 Å². The van der Waals surface area contributed by atoms with Crippen molar-refractivity contribution >= 4 is 12.0 Å². The highest BCUT2D eigenvalue weighted by molar-refractivity contribution is 5.86. The van der Waals surface area contributed by atoms with Gasteiger partial charge in [0.2, 0.25) is 0 Å². The van der Waals surface area contributed by atoms with E-state index in [1.165, 1.54) is 0 Å². The molecule has 0 aliphatic heterocycles. The van der Waals surface area contributed by atoms with Crippen LogP contribution in [0.4, 0.5) is 4.79 Å². The first-order valence-electron chi connectivity index (χ1n) is 6.23. The zero-order chi connectivity index (χ0) is 12.6. The van der Waals surface area contributed by atoms with Gasteiger partial charge in [0.1, 0.15) is 5.54 Å².